The summed E-state index contributed by atoms with van der Waals surface area (Å²) in [5.41, 5.74) is 0. The molecule has 0 aliphatic carbocycles. The molecule has 2 atom stereocenters. The fourth-order valence-electron chi connectivity index (χ4n) is 10.1. The summed E-state index contributed by atoms with van der Waals surface area (Å²) in [6.07, 6.45) is 83.1. The Morgan fingerprint density at radius 2 is 0.594 bits per heavy atom. The molecule has 0 spiro atoms. The van der Waals surface area contributed by atoms with Gasteiger partial charge in [-0.2, -0.15) is 0 Å². The second-order valence-corrected chi connectivity index (χ2v) is 21.8. The SMILES string of the molecule is CCCCCCC/C=C\C/C=C\C/C=C\CCCCCCCCCCCCCCCCCCCCC(=O)NC(CO)C(O)CCCCCCCCCCCCCCCCCCCCCCCCCC. The Kier molecular flexibility index (Phi) is 59.7. The Morgan fingerprint density at radius 3 is 0.884 bits per heavy atom. The molecule has 1 amide bonds. The number of amides is 1. The van der Waals surface area contributed by atoms with Crippen molar-refractivity contribution in [3.8, 4) is 0 Å². The number of carbonyl (C=O) groups is 1. The van der Waals surface area contributed by atoms with E-state index in [0.717, 1.165) is 38.5 Å². The van der Waals surface area contributed by atoms with E-state index >= 15 is 0 Å². The molecule has 2 unspecified atom stereocenters. The third kappa shape index (κ3) is 57.4. The number of unbranched alkanes of at least 4 members (excludes halogenated alkanes) is 46. The fraction of sp³-hybridized carbons (Fsp3) is 0.892. The predicted octanol–water partition coefficient (Wildman–Crippen LogP) is 21.2. The summed E-state index contributed by atoms with van der Waals surface area (Å²) in [7, 11) is 0. The molecule has 408 valence electrons. The Morgan fingerprint density at radius 1 is 0.348 bits per heavy atom. The monoisotopic (exact) mass is 968 g/mol. The number of carbonyl (C=O) groups excluding carboxylic acids is 1. The van der Waals surface area contributed by atoms with Crippen molar-refractivity contribution in [2.45, 2.75) is 366 Å². The lowest BCUT2D eigenvalue weighted by molar-refractivity contribution is -0.123. The van der Waals surface area contributed by atoms with Crippen LogP contribution in [-0.2, 0) is 4.79 Å². The van der Waals surface area contributed by atoms with Gasteiger partial charge in [-0.25, -0.2) is 0 Å². The Bertz CT molecular complexity index is 1050. The van der Waals surface area contributed by atoms with E-state index < -0.39 is 12.1 Å². The number of hydrogen-bond donors (Lipinski definition) is 3. The molecule has 0 radical (unpaired) electrons. The average Bonchev–Trinajstić information content (AvgIpc) is 3.35. The van der Waals surface area contributed by atoms with Gasteiger partial charge in [0.25, 0.3) is 0 Å². The molecular weight excluding hydrogens is 843 g/mol. The van der Waals surface area contributed by atoms with Crippen molar-refractivity contribution in [3.05, 3.63) is 36.5 Å². The third-order valence-electron chi connectivity index (χ3n) is 14.9. The second-order valence-electron chi connectivity index (χ2n) is 21.8. The highest BCUT2D eigenvalue weighted by molar-refractivity contribution is 5.76. The molecule has 0 fully saturated rings. The van der Waals surface area contributed by atoms with Gasteiger partial charge >= 0.3 is 0 Å². The van der Waals surface area contributed by atoms with Crippen LogP contribution >= 0.6 is 0 Å². The zero-order valence-corrected chi connectivity index (χ0v) is 47.1. The first-order valence-corrected chi connectivity index (χ1v) is 31.7. The summed E-state index contributed by atoms with van der Waals surface area (Å²) in [6.45, 7) is 4.39. The van der Waals surface area contributed by atoms with Crippen molar-refractivity contribution in [3.63, 3.8) is 0 Å². The van der Waals surface area contributed by atoms with Crippen molar-refractivity contribution in [2.75, 3.05) is 6.61 Å². The van der Waals surface area contributed by atoms with Crippen LogP contribution in [0.15, 0.2) is 36.5 Å². The molecule has 3 N–H and O–H groups in total. The molecule has 0 aromatic carbocycles. The molecule has 0 bridgehead atoms. The molecule has 0 aliphatic rings. The van der Waals surface area contributed by atoms with Gasteiger partial charge in [-0.05, 0) is 51.4 Å². The highest BCUT2D eigenvalue weighted by atomic mass is 16.3. The van der Waals surface area contributed by atoms with Gasteiger partial charge in [-0.1, -0.05) is 333 Å². The highest BCUT2D eigenvalue weighted by Gasteiger charge is 2.20. The Labute approximate surface area is 433 Å². The van der Waals surface area contributed by atoms with Gasteiger partial charge in [0.05, 0.1) is 18.8 Å². The van der Waals surface area contributed by atoms with Crippen molar-refractivity contribution >= 4 is 5.91 Å². The van der Waals surface area contributed by atoms with Gasteiger partial charge in [0.1, 0.15) is 0 Å². The maximum absolute atomic E-state index is 12.5. The van der Waals surface area contributed by atoms with Crippen LogP contribution in [0.5, 0.6) is 0 Å². The van der Waals surface area contributed by atoms with Crippen LogP contribution < -0.4 is 5.32 Å². The van der Waals surface area contributed by atoms with Gasteiger partial charge in [-0.3, -0.25) is 4.79 Å². The van der Waals surface area contributed by atoms with Crippen molar-refractivity contribution < 1.29 is 15.0 Å². The van der Waals surface area contributed by atoms with Gasteiger partial charge in [-0.15, -0.1) is 0 Å². The minimum absolute atomic E-state index is 0.0247. The number of rotatable bonds is 59. The summed E-state index contributed by atoms with van der Waals surface area (Å²) in [5, 5.41) is 23.4. The molecule has 0 saturated heterocycles. The van der Waals surface area contributed by atoms with Crippen LogP contribution in [0.4, 0.5) is 0 Å². The molecule has 4 nitrogen and oxygen atoms in total. The molecule has 0 saturated carbocycles. The normalized spacial score (nSPS) is 12.9. The van der Waals surface area contributed by atoms with Gasteiger partial charge in [0, 0.05) is 6.42 Å². The van der Waals surface area contributed by atoms with E-state index in [-0.39, 0.29) is 12.5 Å². The number of aliphatic hydroxyl groups excluding tert-OH is 2. The van der Waals surface area contributed by atoms with Gasteiger partial charge in [0.2, 0.25) is 5.91 Å². The smallest absolute Gasteiger partial charge is 0.220 e. The van der Waals surface area contributed by atoms with Crippen molar-refractivity contribution in [1.29, 1.82) is 0 Å². The number of allylic oxidation sites excluding steroid dienone is 6. The third-order valence-corrected chi connectivity index (χ3v) is 14.9. The van der Waals surface area contributed by atoms with E-state index in [1.165, 1.54) is 289 Å². The summed E-state index contributed by atoms with van der Waals surface area (Å²) in [5.74, 6) is -0.0247. The van der Waals surface area contributed by atoms with Crippen LogP contribution in [0, 0.1) is 0 Å². The molecule has 0 aliphatic heterocycles. The lowest BCUT2D eigenvalue weighted by Crippen LogP contribution is -2.45. The average molecular weight is 969 g/mol. The van der Waals surface area contributed by atoms with E-state index in [4.69, 9.17) is 0 Å². The van der Waals surface area contributed by atoms with Crippen molar-refractivity contribution in [2.24, 2.45) is 0 Å². The van der Waals surface area contributed by atoms with Crippen molar-refractivity contribution in [1.82, 2.24) is 5.32 Å². The summed E-state index contributed by atoms with van der Waals surface area (Å²) >= 11 is 0. The zero-order valence-electron chi connectivity index (χ0n) is 47.1. The standard InChI is InChI=1S/C65H125NO3/c1-3-5-7-9-11-13-15-17-19-21-23-25-27-29-30-31-32-33-34-35-36-37-39-41-43-45-47-49-51-53-55-57-59-61-65(69)66-63(62-67)64(68)60-58-56-54-52-50-48-46-44-42-40-38-28-26-24-22-20-18-16-14-12-10-8-6-4-2/h15,17,21,23,27,29,63-64,67-68H,3-14,16,18-20,22,24-26,28,30-62H2,1-2H3,(H,66,69)/b17-15-,23-21-,29-27-. The van der Waals surface area contributed by atoms with Crippen LogP contribution in [0.1, 0.15) is 354 Å². The Hall–Kier alpha value is -1.39. The second kappa shape index (κ2) is 60.9. The summed E-state index contributed by atoms with van der Waals surface area (Å²) < 4.78 is 0. The van der Waals surface area contributed by atoms with E-state index in [9.17, 15) is 15.0 Å². The topological polar surface area (TPSA) is 69.6 Å². The molecule has 69 heavy (non-hydrogen) atoms. The number of nitrogens with one attached hydrogen (secondary N) is 1. The van der Waals surface area contributed by atoms with Crippen LogP contribution in [0.25, 0.3) is 0 Å². The lowest BCUT2D eigenvalue weighted by Gasteiger charge is -2.22. The van der Waals surface area contributed by atoms with Crippen LogP contribution in [0.3, 0.4) is 0 Å². The van der Waals surface area contributed by atoms with Crippen LogP contribution in [0.2, 0.25) is 0 Å². The summed E-state index contributed by atoms with van der Waals surface area (Å²) in [6, 6.07) is -0.536. The highest BCUT2D eigenvalue weighted by Crippen LogP contribution is 2.18. The molecule has 0 rings (SSSR count). The maximum Gasteiger partial charge on any atom is 0.220 e. The van der Waals surface area contributed by atoms with Crippen LogP contribution in [-0.4, -0.2) is 34.9 Å². The van der Waals surface area contributed by atoms with E-state index in [1.54, 1.807) is 0 Å². The van der Waals surface area contributed by atoms with E-state index in [1.807, 2.05) is 0 Å². The maximum atomic E-state index is 12.5. The molecule has 0 aromatic heterocycles. The first kappa shape index (κ1) is 67.6. The molecular formula is C65H125NO3. The van der Waals surface area contributed by atoms with Gasteiger partial charge < -0.3 is 15.5 Å². The number of hydrogen-bond acceptors (Lipinski definition) is 3. The first-order chi connectivity index (χ1) is 34.2. The molecule has 4 heteroatoms. The first-order valence-electron chi connectivity index (χ1n) is 31.7. The predicted molar refractivity (Wildman–Crippen MR) is 308 cm³/mol. The largest absolute Gasteiger partial charge is 0.394 e. The summed E-state index contributed by atoms with van der Waals surface area (Å²) in [4.78, 5) is 12.5. The fourth-order valence-corrected chi connectivity index (χ4v) is 10.1. The minimum atomic E-state index is -0.660. The minimum Gasteiger partial charge on any atom is -0.394 e. The molecule has 0 heterocycles. The van der Waals surface area contributed by atoms with E-state index in [0.29, 0.717) is 12.8 Å². The Balaban J connectivity index is 3.42. The quantitative estimate of drug-likeness (QED) is 0.0420. The zero-order chi connectivity index (χ0) is 49.9. The van der Waals surface area contributed by atoms with E-state index in [2.05, 4.69) is 55.6 Å². The molecule has 0 aromatic rings. The lowest BCUT2D eigenvalue weighted by atomic mass is 10.0. The number of aliphatic hydroxyl groups is 2. The van der Waals surface area contributed by atoms with Gasteiger partial charge in [0.15, 0.2) is 0 Å².